The monoisotopic (exact) mass is 358 g/mol. The van der Waals surface area contributed by atoms with E-state index in [4.69, 9.17) is 45.3 Å². The van der Waals surface area contributed by atoms with Gasteiger partial charge in [-0.1, -0.05) is 34.8 Å². The van der Waals surface area contributed by atoms with Gasteiger partial charge >= 0.3 is 0 Å². The fourth-order valence-electron chi connectivity index (χ4n) is 1.99. The fraction of sp³-hybridized carbons (Fsp3) is 0.167. The van der Waals surface area contributed by atoms with Gasteiger partial charge in [-0.15, -0.1) is 0 Å². The van der Waals surface area contributed by atoms with E-state index in [2.05, 4.69) is 19.9 Å². The average Bonchev–Trinajstić information content (AvgIpc) is 2.86. The number of aromatic nitrogens is 5. The Morgan fingerprint density at radius 3 is 2.73 bits per heavy atom. The minimum atomic E-state index is 0.0620. The van der Waals surface area contributed by atoms with Crippen molar-refractivity contribution >= 4 is 51.9 Å². The average molecular weight is 360 g/mol. The van der Waals surface area contributed by atoms with Crippen LogP contribution in [-0.4, -0.2) is 31.6 Å². The second-order valence-electron chi connectivity index (χ2n) is 4.32. The van der Waals surface area contributed by atoms with Crippen molar-refractivity contribution in [1.82, 2.24) is 24.5 Å². The number of methoxy groups -OCH3 is 1. The molecular formula is C12H9Cl3N6O. The molecule has 0 radical (unpaired) electrons. The van der Waals surface area contributed by atoms with E-state index in [1.807, 2.05) is 0 Å². The number of nitrogen functional groups attached to an aromatic ring is 1. The van der Waals surface area contributed by atoms with Crippen molar-refractivity contribution in [3.8, 4) is 5.75 Å². The summed E-state index contributed by atoms with van der Waals surface area (Å²) in [6.07, 6.45) is 3.03. The number of rotatable bonds is 3. The van der Waals surface area contributed by atoms with Crippen molar-refractivity contribution in [3.63, 3.8) is 0 Å². The molecule has 7 nitrogen and oxygen atoms in total. The van der Waals surface area contributed by atoms with Gasteiger partial charge in [0, 0.05) is 6.20 Å². The van der Waals surface area contributed by atoms with Crippen LogP contribution in [0.1, 0.15) is 5.69 Å². The maximum atomic E-state index is 6.26. The minimum absolute atomic E-state index is 0.0620. The number of hydrogen-bond acceptors (Lipinski definition) is 6. The predicted molar refractivity (Wildman–Crippen MR) is 84.7 cm³/mol. The Hall–Kier alpha value is -1.83. The Balaban J connectivity index is 2.08. The number of nitrogens with zero attached hydrogens (tertiary/aromatic N) is 5. The molecule has 10 heteroatoms. The lowest BCUT2D eigenvalue weighted by Gasteiger charge is -2.10. The Kier molecular flexibility index (Phi) is 3.94. The zero-order valence-electron chi connectivity index (χ0n) is 11.2. The minimum Gasteiger partial charge on any atom is -0.493 e. The number of nitrogens with two attached hydrogens (primary N) is 1. The zero-order valence-corrected chi connectivity index (χ0v) is 13.5. The van der Waals surface area contributed by atoms with Gasteiger partial charge < -0.3 is 15.0 Å². The summed E-state index contributed by atoms with van der Waals surface area (Å²) >= 11 is 18.2. The largest absolute Gasteiger partial charge is 0.493 e. The summed E-state index contributed by atoms with van der Waals surface area (Å²) in [7, 11) is 1.48. The lowest BCUT2D eigenvalue weighted by Crippen LogP contribution is -2.05. The number of ether oxygens (including phenoxy) is 1. The number of anilines is 1. The van der Waals surface area contributed by atoms with E-state index in [-0.39, 0.29) is 11.1 Å². The molecule has 3 aromatic rings. The number of imidazole rings is 1. The summed E-state index contributed by atoms with van der Waals surface area (Å²) in [5, 5.41) is 0.848. The van der Waals surface area contributed by atoms with Crippen LogP contribution in [0.25, 0.3) is 11.2 Å². The molecule has 3 heterocycles. The molecule has 0 fully saturated rings. The first-order valence-corrected chi connectivity index (χ1v) is 7.15. The van der Waals surface area contributed by atoms with Gasteiger partial charge in [0.25, 0.3) is 0 Å². The van der Waals surface area contributed by atoms with Gasteiger partial charge in [0.2, 0.25) is 5.95 Å². The number of halogens is 3. The van der Waals surface area contributed by atoms with E-state index in [0.29, 0.717) is 39.2 Å². The first-order chi connectivity index (χ1) is 10.5. The normalized spacial score (nSPS) is 11.1. The van der Waals surface area contributed by atoms with Crippen LogP contribution in [-0.2, 0) is 6.54 Å². The first-order valence-electron chi connectivity index (χ1n) is 6.02. The van der Waals surface area contributed by atoms with Crippen molar-refractivity contribution in [2.75, 3.05) is 12.8 Å². The molecule has 2 N–H and O–H groups in total. The molecule has 0 aliphatic carbocycles. The summed E-state index contributed by atoms with van der Waals surface area (Å²) in [5.74, 6) is 0.428. The van der Waals surface area contributed by atoms with Gasteiger partial charge in [0.05, 0.1) is 25.7 Å². The van der Waals surface area contributed by atoms with Crippen LogP contribution in [0.2, 0.25) is 15.2 Å². The first kappa shape index (κ1) is 15.1. The SMILES string of the molecule is COc1c(Cl)cnc(Cn2cnc3c(Cl)nc(N)nc32)c1Cl. The summed E-state index contributed by atoms with van der Waals surface area (Å²) < 4.78 is 6.87. The zero-order chi connectivity index (χ0) is 15.9. The maximum absolute atomic E-state index is 6.26. The van der Waals surface area contributed by atoms with Gasteiger partial charge in [-0.25, -0.2) is 4.98 Å². The van der Waals surface area contributed by atoms with Crippen LogP contribution in [0.5, 0.6) is 5.75 Å². The molecule has 0 atom stereocenters. The standard InChI is InChI=1S/C12H9Cl3N6O/c1-22-9-5(13)2-17-6(7(9)14)3-21-4-18-8-10(15)19-12(16)20-11(8)21/h2,4H,3H2,1H3,(H2,16,19,20). The molecule has 0 spiro atoms. The smallest absolute Gasteiger partial charge is 0.223 e. The highest BCUT2D eigenvalue weighted by Crippen LogP contribution is 2.34. The Labute approximate surface area is 140 Å². The van der Waals surface area contributed by atoms with Crippen LogP contribution >= 0.6 is 34.8 Å². The topological polar surface area (TPSA) is 91.7 Å². The van der Waals surface area contributed by atoms with Gasteiger partial charge in [-0.2, -0.15) is 9.97 Å². The molecule has 0 saturated heterocycles. The van der Waals surface area contributed by atoms with E-state index < -0.39 is 0 Å². The molecule has 0 aliphatic heterocycles. The van der Waals surface area contributed by atoms with Crippen LogP contribution in [0.4, 0.5) is 5.95 Å². The third-order valence-electron chi connectivity index (χ3n) is 2.97. The van der Waals surface area contributed by atoms with E-state index >= 15 is 0 Å². The molecule has 3 aromatic heterocycles. The van der Waals surface area contributed by atoms with E-state index in [9.17, 15) is 0 Å². The molecule has 114 valence electrons. The quantitative estimate of drug-likeness (QED) is 0.723. The summed E-state index contributed by atoms with van der Waals surface area (Å²) in [6.45, 7) is 0.301. The van der Waals surface area contributed by atoms with E-state index in [1.165, 1.54) is 13.3 Å². The molecule has 0 saturated carbocycles. The van der Waals surface area contributed by atoms with Crippen molar-refractivity contribution in [1.29, 1.82) is 0 Å². The summed E-state index contributed by atoms with van der Waals surface area (Å²) in [5.41, 5.74) is 7.11. The van der Waals surface area contributed by atoms with Gasteiger partial charge in [-0.3, -0.25) is 4.98 Å². The Bertz CT molecular complexity index is 866. The van der Waals surface area contributed by atoms with Crippen molar-refractivity contribution in [2.24, 2.45) is 0 Å². The fourth-order valence-corrected chi connectivity index (χ4v) is 2.76. The van der Waals surface area contributed by atoms with Gasteiger partial charge in [0.15, 0.2) is 16.5 Å². The van der Waals surface area contributed by atoms with Crippen molar-refractivity contribution in [2.45, 2.75) is 6.54 Å². The maximum Gasteiger partial charge on any atom is 0.223 e. The summed E-state index contributed by atoms with van der Waals surface area (Å²) in [6, 6.07) is 0. The Morgan fingerprint density at radius 1 is 1.23 bits per heavy atom. The number of fused-ring (bicyclic) bond motifs is 1. The van der Waals surface area contributed by atoms with E-state index in [1.54, 1.807) is 10.9 Å². The second-order valence-corrected chi connectivity index (χ2v) is 5.46. The van der Waals surface area contributed by atoms with Crippen LogP contribution in [0.15, 0.2) is 12.5 Å². The Morgan fingerprint density at radius 2 is 2.00 bits per heavy atom. The molecule has 3 rings (SSSR count). The van der Waals surface area contributed by atoms with E-state index in [0.717, 1.165) is 0 Å². The molecular weight excluding hydrogens is 351 g/mol. The van der Waals surface area contributed by atoms with Crippen LogP contribution in [0.3, 0.4) is 0 Å². The number of pyridine rings is 1. The molecule has 0 bridgehead atoms. The van der Waals surface area contributed by atoms with Crippen molar-refractivity contribution in [3.05, 3.63) is 33.4 Å². The lowest BCUT2D eigenvalue weighted by atomic mass is 10.3. The van der Waals surface area contributed by atoms with Crippen molar-refractivity contribution < 1.29 is 4.74 Å². The molecule has 0 aliphatic rings. The van der Waals surface area contributed by atoms with Gasteiger partial charge in [-0.05, 0) is 0 Å². The third kappa shape index (κ3) is 2.51. The molecule has 22 heavy (non-hydrogen) atoms. The van der Waals surface area contributed by atoms with Gasteiger partial charge in [0.1, 0.15) is 15.6 Å². The lowest BCUT2D eigenvalue weighted by molar-refractivity contribution is 0.414. The van der Waals surface area contributed by atoms with Crippen LogP contribution < -0.4 is 10.5 Å². The summed E-state index contributed by atoms with van der Waals surface area (Å²) in [4.78, 5) is 16.4. The molecule has 0 amide bonds. The molecule has 0 aromatic carbocycles. The highest BCUT2D eigenvalue weighted by atomic mass is 35.5. The number of hydrogen-bond donors (Lipinski definition) is 1. The third-order valence-corrected chi connectivity index (χ3v) is 3.89. The highest BCUT2D eigenvalue weighted by Gasteiger charge is 2.16. The highest BCUT2D eigenvalue weighted by molar-refractivity contribution is 6.37. The van der Waals surface area contributed by atoms with Crippen LogP contribution in [0, 0.1) is 0 Å². The predicted octanol–water partition coefficient (Wildman–Crippen LogP) is 2.82. The second kappa shape index (κ2) is 5.75. The molecule has 0 unspecified atom stereocenters.